The molecule has 1 rings (SSSR count). The van der Waals surface area contributed by atoms with E-state index in [0.29, 0.717) is 0 Å². The molecule has 3 heteroatoms. The number of halogens is 1. The van der Waals surface area contributed by atoms with Gasteiger partial charge >= 0.3 is 0 Å². The number of hydrogen-bond donors (Lipinski definition) is 1. The standard InChI is InChI=1S/C9H11ClN2/c1-6-3-8(5-12-11)4-7(2)9(6)10/h3-5H,11H2,1-2H3. The van der Waals surface area contributed by atoms with Crippen LogP contribution in [0, 0.1) is 13.8 Å². The minimum absolute atomic E-state index is 0.809. The maximum Gasteiger partial charge on any atom is 0.0538 e. The van der Waals surface area contributed by atoms with Gasteiger partial charge in [-0.1, -0.05) is 11.6 Å². The summed E-state index contributed by atoms with van der Waals surface area (Å²) in [6.07, 6.45) is 1.61. The Labute approximate surface area is 77.0 Å². The van der Waals surface area contributed by atoms with Crippen LogP contribution < -0.4 is 5.84 Å². The summed E-state index contributed by atoms with van der Waals surface area (Å²) >= 11 is 5.97. The van der Waals surface area contributed by atoms with Gasteiger partial charge in [-0.3, -0.25) is 0 Å². The van der Waals surface area contributed by atoms with E-state index in [1.807, 2.05) is 26.0 Å². The summed E-state index contributed by atoms with van der Waals surface area (Å²) in [5, 5.41) is 4.26. The van der Waals surface area contributed by atoms with Gasteiger partial charge in [0.15, 0.2) is 0 Å². The molecule has 0 unspecified atom stereocenters. The van der Waals surface area contributed by atoms with E-state index in [-0.39, 0.29) is 0 Å². The summed E-state index contributed by atoms with van der Waals surface area (Å²) in [6.45, 7) is 3.92. The van der Waals surface area contributed by atoms with Gasteiger partial charge in [-0.2, -0.15) is 5.10 Å². The van der Waals surface area contributed by atoms with E-state index in [1.165, 1.54) is 0 Å². The highest BCUT2D eigenvalue weighted by Gasteiger charge is 2.00. The Balaban J connectivity index is 3.21. The second kappa shape index (κ2) is 3.59. The Bertz CT molecular complexity index is 295. The van der Waals surface area contributed by atoms with Gasteiger partial charge in [0.1, 0.15) is 0 Å². The van der Waals surface area contributed by atoms with Crippen molar-refractivity contribution in [3.8, 4) is 0 Å². The van der Waals surface area contributed by atoms with Gasteiger partial charge < -0.3 is 5.84 Å². The first-order chi connectivity index (χ1) is 5.65. The molecule has 1 aromatic rings. The topological polar surface area (TPSA) is 38.4 Å². The van der Waals surface area contributed by atoms with Crippen LogP contribution >= 0.6 is 11.6 Å². The van der Waals surface area contributed by atoms with E-state index in [9.17, 15) is 0 Å². The summed E-state index contributed by atoms with van der Waals surface area (Å²) < 4.78 is 0. The molecule has 0 aliphatic heterocycles. The van der Waals surface area contributed by atoms with E-state index in [2.05, 4.69) is 5.10 Å². The molecular weight excluding hydrogens is 172 g/mol. The molecule has 0 saturated heterocycles. The van der Waals surface area contributed by atoms with Crippen molar-refractivity contribution in [3.63, 3.8) is 0 Å². The van der Waals surface area contributed by atoms with Crippen molar-refractivity contribution in [2.75, 3.05) is 0 Å². The maximum absolute atomic E-state index is 5.97. The quantitative estimate of drug-likeness (QED) is 0.404. The number of benzene rings is 1. The van der Waals surface area contributed by atoms with Crippen molar-refractivity contribution in [2.45, 2.75) is 13.8 Å². The lowest BCUT2D eigenvalue weighted by Gasteiger charge is -2.03. The van der Waals surface area contributed by atoms with E-state index in [0.717, 1.165) is 21.7 Å². The Morgan fingerprint density at radius 1 is 1.33 bits per heavy atom. The zero-order valence-electron chi connectivity index (χ0n) is 7.13. The van der Waals surface area contributed by atoms with E-state index in [4.69, 9.17) is 17.4 Å². The molecule has 1 aromatic carbocycles. The van der Waals surface area contributed by atoms with Crippen molar-refractivity contribution < 1.29 is 0 Å². The minimum Gasteiger partial charge on any atom is -0.323 e. The van der Waals surface area contributed by atoms with Crippen LogP contribution in [0.15, 0.2) is 17.2 Å². The van der Waals surface area contributed by atoms with Gasteiger partial charge in [0.25, 0.3) is 0 Å². The Morgan fingerprint density at radius 3 is 2.25 bits per heavy atom. The molecule has 0 aliphatic carbocycles. The smallest absolute Gasteiger partial charge is 0.0538 e. The lowest BCUT2D eigenvalue weighted by atomic mass is 10.1. The van der Waals surface area contributed by atoms with Gasteiger partial charge in [0.2, 0.25) is 0 Å². The predicted octanol–water partition coefficient (Wildman–Crippen LogP) is 2.25. The van der Waals surface area contributed by atoms with Crippen LogP contribution in [0.3, 0.4) is 0 Å². The molecule has 0 fully saturated rings. The zero-order valence-corrected chi connectivity index (χ0v) is 7.89. The first kappa shape index (κ1) is 9.07. The van der Waals surface area contributed by atoms with Gasteiger partial charge in [-0.25, -0.2) is 0 Å². The molecule has 12 heavy (non-hydrogen) atoms. The molecule has 2 N–H and O–H groups in total. The van der Waals surface area contributed by atoms with E-state index >= 15 is 0 Å². The molecule has 0 amide bonds. The molecule has 0 radical (unpaired) electrons. The summed E-state index contributed by atoms with van der Waals surface area (Å²) in [5.74, 6) is 5.04. The van der Waals surface area contributed by atoms with Crippen molar-refractivity contribution in [1.82, 2.24) is 0 Å². The molecule has 64 valence electrons. The summed E-state index contributed by atoms with van der Waals surface area (Å²) in [5.41, 5.74) is 3.08. The first-order valence-electron chi connectivity index (χ1n) is 3.65. The predicted molar refractivity (Wildman–Crippen MR) is 52.7 cm³/mol. The molecule has 0 saturated carbocycles. The highest BCUT2D eigenvalue weighted by atomic mass is 35.5. The number of nitrogens with two attached hydrogens (primary N) is 1. The summed E-state index contributed by atoms with van der Waals surface area (Å²) in [7, 11) is 0. The summed E-state index contributed by atoms with van der Waals surface area (Å²) in [4.78, 5) is 0. The largest absolute Gasteiger partial charge is 0.323 e. The van der Waals surface area contributed by atoms with Crippen LogP contribution in [-0.2, 0) is 0 Å². The zero-order chi connectivity index (χ0) is 9.14. The Hall–Kier alpha value is -1.02. The maximum atomic E-state index is 5.97. The highest BCUT2D eigenvalue weighted by Crippen LogP contribution is 2.20. The third-order valence-corrected chi connectivity index (χ3v) is 2.28. The molecule has 0 heterocycles. The molecular formula is C9H11ClN2. The Morgan fingerprint density at radius 2 is 1.83 bits per heavy atom. The van der Waals surface area contributed by atoms with Crippen molar-refractivity contribution in [2.24, 2.45) is 10.9 Å². The third kappa shape index (κ3) is 1.77. The third-order valence-electron chi connectivity index (χ3n) is 1.68. The van der Waals surface area contributed by atoms with Gasteiger partial charge in [-0.05, 0) is 42.7 Å². The van der Waals surface area contributed by atoms with Crippen LogP contribution in [0.5, 0.6) is 0 Å². The first-order valence-corrected chi connectivity index (χ1v) is 4.03. The van der Waals surface area contributed by atoms with E-state index < -0.39 is 0 Å². The average molecular weight is 183 g/mol. The van der Waals surface area contributed by atoms with Crippen molar-refractivity contribution in [3.05, 3.63) is 33.8 Å². The monoisotopic (exact) mass is 182 g/mol. The second-order valence-corrected chi connectivity index (χ2v) is 3.12. The lowest BCUT2D eigenvalue weighted by molar-refractivity contribution is 1.26. The number of hydrazone groups is 1. The number of rotatable bonds is 1. The molecule has 2 nitrogen and oxygen atoms in total. The normalized spacial score (nSPS) is 10.9. The molecule has 0 aromatic heterocycles. The number of hydrogen-bond acceptors (Lipinski definition) is 2. The van der Waals surface area contributed by atoms with Crippen LogP contribution in [0.2, 0.25) is 5.02 Å². The lowest BCUT2D eigenvalue weighted by Crippen LogP contribution is -1.90. The van der Waals surface area contributed by atoms with Crippen LogP contribution in [-0.4, -0.2) is 6.21 Å². The van der Waals surface area contributed by atoms with Gasteiger partial charge in [0, 0.05) is 5.02 Å². The molecule has 0 atom stereocenters. The average Bonchev–Trinajstić information content (AvgIpc) is 2.01. The second-order valence-electron chi connectivity index (χ2n) is 2.75. The van der Waals surface area contributed by atoms with E-state index in [1.54, 1.807) is 6.21 Å². The van der Waals surface area contributed by atoms with Crippen LogP contribution in [0.4, 0.5) is 0 Å². The molecule has 0 bridgehead atoms. The minimum atomic E-state index is 0.809. The van der Waals surface area contributed by atoms with Crippen molar-refractivity contribution >= 4 is 17.8 Å². The van der Waals surface area contributed by atoms with Crippen LogP contribution in [0.1, 0.15) is 16.7 Å². The molecule has 0 aliphatic rings. The molecule has 0 spiro atoms. The fourth-order valence-corrected chi connectivity index (χ4v) is 1.25. The highest BCUT2D eigenvalue weighted by molar-refractivity contribution is 6.32. The fraction of sp³-hybridized carbons (Fsp3) is 0.222. The number of aryl methyl sites for hydroxylation is 2. The SMILES string of the molecule is Cc1cc(C=NN)cc(C)c1Cl. The van der Waals surface area contributed by atoms with Crippen molar-refractivity contribution in [1.29, 1.82) is 0 Å². The van der Waals surface area contributed by atoms with Gasteiger partial charge in [-0.15, -0.1) is 0 Å². The van der Waals surface area contributed by atoms with Crippen LogP contribution in [0.25, 0.3) is 0 Å². The summed E-state index contributed by atoms with van der Waals surface area (Å²) in [6, 6.07) is 3.90. The Kier molecular flexibility index (Phi) is 2.71. The van der Waals surface area contributed by atoms with Gasteiger partial charge in [0.05, 0.1) is 6.21 Å². The fourth-order valence-electron chi connectivity index (χ4n) is 1.14. The number of nitrogens with zero attached hydrogens (tertiary/aromatic N) is 1.